The Morgan fingerprint density at radius 2 is 1.88 bits per heavy atom. The van der Waals surface area contributed by atoms with Crippen LogP contribution in [0.3, 0.4) is 0 Å². The fourth-order valence-corrected chi connectivity index (χ4v) is 1.77. The highest BCUT2D eigenvalue weighted by Crippen LogP contribution is 2.36. The molecule has 0 bridgehead atoms. The Labute approximate surface area is 102 Å². The van der Waals surface area contributed by atoms with Crippen molar-refractivity contribution in [3.63, 3.8) is 0 Å². The highest BCUT2D eigenvalue weighted by molar-refractivity contribution is 9.10. The van der Waals surface area contributed by atoms with Crippen molar-refractivity contribution in [1.82, 2.24) is 5.16 Å². The maximum absolute atomic E-state index is 13.5. The Bertz CT molecular complexity index is 535. The zero-order valence-corrected chi connectivity index (χ0v) is 9.94. The molecule has 3 nitrogen and oxygen atoms in total. The summed E-state index contributed by atoms with van der Waals surface area (Å²) in [5, 5.41) is 3.21. The number of hydrogen-bond acceptors (Lipinski definition) is 3. The molecule has 0 spiro atoms. The smallest absolute Gasteiger partial charge is 0.193 e. The number of anilines is 1. The average molecular weight is 309 g/mol. The summed E-state index contributed by atoms with van der Waals surface area (Å²) in [5.41, 5.74) is 4.93. The van der Waals surface area contributed by atoms with Crippen molar-refractivity contribution in [2.75, 3.05) is 5.73 Å². The maximum Gasteiger partial charge on any atom is 0.193 e. The molecule has 0 aliphatic carbocycles. The Morgan fingerprint density at radius 1 is 1.31 bits per heavy atom. The number of rotatable bonds is 1. The molecule has 7 heteroatoms. The van der Waals surface area contributed by atoms with Crippen molar-refractivity contribution in [2.24, 2.45) is 0 Å². The summed E-state index contributed by atoms with van der Waals surface area (Å²) < 4.78 is 32.0. The monoisotopic (exact) mass is 308 g/mol. The zero-order valence-electron chi connectivity index (χ0n) is 7.60. The van der Waals surface area contributed by atoms with Gasteiger partial charge >= 0.3 is 0 Å². The molecule has 16 heavy (non-hydrogen) atoms. The van der Waals surface area contributed by atoms with Gasteiger partial charge in [0.2, 0.25) is 0 Å². The first kappa shape index (κ1) is 11.3. The number of halogens is 4. The molecule has 1 aromatic carbocycles. The van der Waals surface area contributed by atoms with E-state index in [0.29, 0.717) is 0 Å². The van der Waals surface area contributed by atoms with E-state index < -0.39 is 17.2 Å². The van der Waals surface area contributed by atoms with Gasteiger partial charge in [-0.1, -0.05) is 32.7 Å². The summed E-state index contributed by atoms with van der Waals surface area (Å²) in [4.78, 5) is 0. The van der Waals surface area contributed by atoms with Crippen LogP contribution in [0.15, 0.2) is 21.1 Å². The number of nitrogens with two attached hydrogens (primary N) is 1. The Hall–Kier alpha value is -1.14. The molecule has 0 saturated heterocycles. The molecule has 2 N–H and O–H groups in total. The van der Waals surface area contributed by atoms with Crippen LogP contribution in [0.5, 0.6) is 0 Å². The van der Waals surface area contributed by atoms with E-state index in [1.807, 2.05) is 0 Å². The SMILES string of the molecule is Nc1noc(-c2c(F)cc(Br)cc2F)c1Cl. The van der Waals surface area contributed by atoms with Gasteiger partial charge in [-0.3, -0.25) is 0 Å². The predicted molar refractivity (Wildman–Crippen MR) is 59.0 cm³/mol. The van der Waals surface area contributed by atoms with Crippen LogP contribution in [0.1, 0.15) is 0 Å². The second-order valence-corrected chi connectivity index (χ2v) is 4.25. The number of nitrogen functional groups attached to an aromatic ring is 1. The first-order valence-corrected chi connectivity index (χ1v) is 5.23. The number of benzene rings is 1. The van der Waals surface area contributed by atoms with Crippen molar-refractivity contribution >= 4 is 33.3 Å². The fourth-order valence-electron chi connectivity index (χ4n) is 1.21. The molecule has 0 aliphatic rings. The van der Waals surface area contributed by atoms with Gasteiger partial charge in [0.1, 0.15) is 16.7 Å². The van der Waals surface area contributed by atoms with Crippen molar-refractivity contribution in [3.05, 3.63) is 33.3 Å². The highest BCUT2D eigenvalue weighted by atomic mass is 79.9. The summed E-state index contributed by atoms with van der Waals surface area (Å²) in [6.45, 7) is 0. The van der Waals surface area contributed by atoms with Gasteiger partial charge in [-0.2, -0.15) is 0 Å². The van der Waals surface area contributed by atoms with E-state index in [1.54, 1.807) is 0 Å². The molecular weight excluding hydrogens is 305 g/mol. The predicted octanol–water partition coefficient (Wildman–Crippen LogP) is 3.62. The van der Waals surface area contributed by atoms with Crippen molar-refractivity contribution < 1.29 is 13.3 Å². The third-order valence-corrected chi connectivity index (χ3v) is 2.72. The molecule has 0 fully saturated rings. The third kappa shape index (κ3) is 1.78. The quantitative estimate of drug-likeness (QED) is 0.875. The van der Waals surface area contributed by atoms with E-state index in [4.69, 9.17) is 17.3 Å². The van der Waals surface area contributed by atoms with Crippen LogP contribution in [-0.4, -0.2) is 5.16 Å². The number of nitrogens with zero attached hydrogens (tertiary/aromatic N) is 1. The highest BCUT2D eigenvalue weighted by Gasteiger charge is 2.21. The molecule has 2 aromatic rings. The van der Waals surface area contributed by atoms with Gasteiger partial charge in [-0.25, -0.2) is 8.78 Å². The lowest BCUT2D eigenvalue weighted by atomic mass is 10.1. The summed E-state index contributed by atoms with van der Waals surface area (Å²) >= 11 is 8.66. The van der Waals surface area contributed by atoms with Gasteiger partial charge in [0.15, 0.2) is 11.6 Å². The molecule has 0 unspecified atom stereocenters. The minimum Gasteiger partial charge on any atom is -0.380 e. The van der Waals surface area contributed by atoms with Gasteiger partial charge in [0.25, 0.3) is 0 Å². The number of hydrogen-bond donors (Lipinski definition) is 1. The summed E-state index contributed by atoms with van der Waals surface area (Å²) in [6.07, 6.45) is 0. The molecule has 0 aliphatic heterocycles. The Morgan fingerprint density at radius 3 is 2.31 bits per heavy atom. The van der Waals surface area contributed by atoms with Gasteiger partial charge in [-0.05, 0) is 12.1 Å². The number of aromatic nitrogens is 1. The van der Waals surface area contributed by atoms with E-state index in [2.05, 4.69) is 25.6 Å². The van der Waals surface area contributed by atoms with Crippen molar-refractivity contribution in [1.29, 1.82) is 0 Å². The first-order valence-electron chi connectivity index (χ1n) is 4.06. The van der Waals surface area contributed by atoms with Gasteiger partial charge in [0.05, 0.1) is 5.56 Å². The van der Waals surface area contributed by atoms with E-state index in [-0.39, 0.29) is 21.1 Å². The van der Waals surface area contributed by atoms with E-state index in [0.717, 1.165) is 12.1 Å². The normalized spacial score (nSPS) is 10.8. The maximum atomic E-state index is 13.5. The van der Waals surface area contributed by atoms with E-state index >= 15 is 0 Å². The molecule has 0 saturated carbocycles. The van der Waals surface area contributed by atoms with Crippen LogP contribution in [0.2, 0.25) is 5.02 Å². The molecule has 84 valence electrons. The van der Waals surface area contributed by atoms with Gasteiger partial charge in [0, 0.05) is 4.47 Å². The molecule has 0 radical (unpaired) electrons. The molecular formula is C9H4BrClF2N2O. The summed E-state index contributed by atoms with van der Waals surface area (Å²) in [6, 6.07) is 2.18. The van der Waals surface area contributed by atoms with Crippen LogP contribution in [-0.2, 0) is 0 Å². The standard InChI is InChI=1S/C9H4BrClF2N2O/c10-3-1-4(12)6(5(13)2-3)8-7(11)9(14)15-16-8/h1-2H,(H2,14,15). The minimum absolute atomic E-state index is 0.111. The van der Waals surface area contributed by atoms with Crippen molar-refractivity contribution in [2.45, 2.75) is 0 Å². The second-order valence-electron chi connectivity index (χ2n) is 2.96. The van der Waals surface area contributed by atoms with Crippen molar-refractivity contribution in [3.8, 4) is 11.3 Å². The second kappa shape index (κ2) is 4.03. The summed E-state index contributed by atoms with van der Waals surface area (Å²) in [7, 11) is 0. The Balaban J connectivity index is 2.69. The van der Waals surface area contributed by atoms with E-state index in [9.17, 15) is 8.78 Å². The lowest BCUT2D eigenvalue weighted by molar-refractivity contribution is 0.430. The topological polar surface area (TPSA) is 52.0 Å². The largest absolute Gasteiger partial charge is 0.380 e. The Kier molecular flexibility index (Phi) is 2.86. The lowest BCUT2D eigenvalue weighted by Gasteiger charge is -2.02. The molecule has 1 aromatic heterocycles. The van der Waals surface area contributed by atoms with Crippen LogP contribution < -0.4 is 5.73 Å². The molecule has 0 atom stereocenters. The average Bonchev–Trinajstić information content (AvgIpc) is 2.48. The van der Waals surface area contributed by atoms with Crippen LogP contribution in [0, 0.1) is 11.6 Å². The molecule has 2 rings (SSSR count). The van der Waals surface area contributed by atoms with Gasteiger partial charge in [-0.15, -0.1) is 0 Å². The fraction of sp³-hybridized carbons (Fsp3) is 0. The van der Waals surface area contributed by atoms with Gasteiger partial charge < -0.3 is 10.3 Å². The van der Waals surface area contributed by atoms with Crippen LogP contribution >= 0.6 is 27.5 Å². The zero-order chi connectivity index (χ0) is 11.9. The minimum atomic E-state index is -0.815. The summed E-state index contributed by atoms with van der Waals surface area (Å²) in [5.74, 6) is -1.96. The molecule has 1 heterocycles. The van der Waals surface area contributed by atoms with E-state index in [1.165, 1.54) is 0 Å². The van der Waals surface area contributed by atoms with Crippen LogP contribution in [0.4, 0.5) is 14.6 Å². The van der Waals surface area contributed by atoms with Crippen LogP contribution in [0.25, 0.3) is 11.3 Å². The lowest BCUT2D eigenvalue weighted by Crippen LogP contribution is -1.90. The first-order chi connectivity index (χ1) is 7.50. The molecule has 0 amide bonds. The third-order valence-electron chi connectivity index (χ3n) is 1.89.